The first-order chi connectivity index (χ1) is 29.9. The van der Waals surface area contributed by atoms with Gasteiger partial charge < -0.3 is 9.32 Å². The molecule has 0 saturated heterocycles. The standard InChI is InChI=1S/C59H45NO/c1-58(2,3)57-47(40-19-7-4-8-20-40)29-18-30-48(57)41-21-17-26-44(37-41)60(45-34-36-56-52(38-45)51-28-14-16-32-55(51)61-56)46-33-35-50-49-27-13-15-31-53(49)59(54(50)39-46,42-22-9-5-10-23-42)43-24-11-6-12-25-43/h4-39H,1-3H3. The van der Waals surface area contributed by atoms with Crippen LogP contribution in [0.2, 0.25) is 0 Å². The summed E-state index contributed by atoms with van der Waals surface area (Å²) in [7, 11) is 0. The molecule has 0 saturated carbocycles. The Bertz CT molecular complexity index is 3190. The lowest BCUT2D eigenvalue weighted by Gasteiger charge is -2.35. The predicted octanol–water partition coefficient (Wildman–Crippen LogP) is 16.1. The number of anilines is 3. The van der Waals surface area contributed by atoms with Crippen LogP contribution in [0.3, 0.4) is 0 Å². The van der Waals surface area contributed by atoms with E-state index in [0.29, 0.717) is 0 Å². The molecular formula is C59H45NO. The highest BCUT2D eigenvalue weighted by molar-refractivity contribution is 6.06. The van der Waals surface area contributed by atoms with Crippen LogP contribution in [0.5, 0.6) is 0 Å². The molecule has 0 unspecified atom stereocenters. The molecule has 2 heteroatoms. The summed E-state index contributed by atoms with van der Waals surface area (Å²) < 4.78 is 6.37. The largest absolute Gasteiger partial charge is 0.456 e. The van der Waals surface area contributed by atoms with E-state index in [-0.39, 0.29) is 5.41 Å². The molecule has 11 rings (SSSR count). The summed E-state index contributed by atoms with van der Waals surface area (Å²) in [4.78, 5) is 2.44. The maximum atomic E-state index is 6.37. The van der Waals surface area contributed by atoms with Crippen LogP contribution in [0, 0.1) is 0 Å². The maximum absolute atomic E-state index is 6.37. The number of fused-ring (bicyclic) bond motifs is 6. The summed E-state index contributed by atoms with van der Waals surface area (Å²) in [5.41, 5.74) is 18.2. The van der Waals surface area contributed by atoms with Crippen LogP contribution in [0.4, 0.5) is 17.1 Å². The molecule has 292 valence electrons. The van der Waals surface area contributed by atoms with E-state index in [2.05, 4.69) is 238 Å². The number of para-hydroxylation sites is 1. The molecular weight excluding hydrogens is 739 g/mol. The van der Waals surface area contributed by atoms with Gasteiger partial charge in [-0.15, -0.1) is 0 Å². The Morgan fingerprint density at radius 3 is 1.64 bits per heavy atom. The molecule has 1 aliphatic carbocycles. The van der Waals surface area contributed by atoms with Crippen LogP contribution < -0.4 is 4.90 Å². The number of benzene rings is 9. The highest BCUT2D eigenvalue weighted by atomic mass is 16.3. The van der Waals surface area contributed by atoms with Crippen molar-refractivity contribution in [3.63, 3.8) is 0 Å². The molecule has 0 radical (unpaired) electrons. The second kappa shape index (κ2) is 14.4. The molecule has 0 fully saturated rings. The van der Waals surface area contributed by atoms with E-state index < -0.39 is 5.41 Å². The lowest BCUT2D eigenvalue weighted by atomic mass is 9.67. The van der Waals surface area contributed by atoms with Crippen LogP contribution in [0.25, 0.3) is 55.3 Å². The summed E-state index contributed by atoms with van der Waals surface area (Å²) in [5.74, 6) is 0. The van der Waals surface area contributed by atoms with Crippen molar-refractivity contribution < 1.29 is 4.42 Å². The Labute approximate surface area is 358 Å². The first-order valence-corrected chi connectivity index (χ1v) is 21.3. The minimum atomic E-state index is -0.526. The highest BCUT2D eigenvalue weighted by Crippen LogP contribution is 2.57. The Kier molecular flexibility index (Phi) is 8.65. The van der Waals surface area contributed by atoms with Crippen LogP contribution in [-0.2, 0) is 10.8 Å². The monoisotopic (exact) mass is 783 g/mol. The number of furan rings is 1. The topological polar surface area (TPSA) is 16.4 Å². The summed E-state index contributed by atoms with van der Waals surface area (Å²) >= 11 is 0. The van der Waals surface area contributed by atoms with Gasteiger partial charge in [0.05, 0.1) is 5.41 Å². The molecule has 2 nitrogen and oxygen atoms in total. The average Bonchev–Trinajstić information content (AvgIpc) is 3.83. The third-order valence-corrected chi connectivity index (χ3v) is 12.6. The zero-order chi connectivity index (χ0) is 41.1. The molecule has 1 aromatic heterocycles. The number of hydrogen-bond donors (Lipinski definition) is 0. The normalized spacial score (nSPS) is 13.0. The van der Waals surface area contributed by atoms with Crippen molar-refractivity contribution in [3.05, 3.63) is 246 Å². The molecule has 0 N–H and O–H groups in total. The van der Waals surface area contributed by atoms with Gasteiger partial charge in [0, 0.05) is 27.8 Å². The summed E-state index contributed by atoms with van der Waals surface area (Å²) in [6, 6.07) is 79.8. The Morgan fingerprint density at radius 1 is 0.377 bits per heavy atom. The fraction of sp³-hybridized carbons (Fsp3) is 0.0847. The summed E-state index contributed by atoms with van der Waals surface area (Å²) in [6.45, 7) is 6.98. The van der Waals surface area contributed by atoms with Gasteiger partial charge in [-0.1, -0.05) is 191 Å². The van der Waals surface area contributed by atoms with Crippen molar-refractivity contribution >= 4 is 39.0 Å². The van der Waals surface area contributed by atoms with Gasteiger partial charge in [0.25, 0.3) is 0 Å². The molecule has 10 aromatic rings. The number of rotatable bonds is 7. The molecule has 0 amide bonds. The molecule has 61 heavy (non-hydrogen) atoms. The average molecular weight is 784 g/mol. The molecule has 0 aliphatic heterocycles. The van der Waals surface area contributed by atoms with Crippen LogP contribution >= 0.6 is 0 Å². The number of nitrogens with zero attached hydrogens (tertiary/aromatic N) is 1. The van der Waals surface area contributed by atoms with Gasteiger partial charge in [-0.05, 0) is 115 Å². The van der Waals surface area contributed by atoms with Crippen LogP contribution in [-0.4, -0.2) is 0 Å². The van der Waals surface area contributed by atoms with E-state index in [4.69, 9.17) is 4.42 Å². The zero-order valence-corrected chi connectivity index (χ0v) is 34.6. The van der Waals surface area contributed by atoms with Gasteiger partial charge in [-0.3, -0.25) is 0 Å². The van der Waals surface area contributed by atoms with Crippen molar-refractivity contribution in [1.29, 1.82) is 0 Å². The number of hydrogen-bond acceptors (Lipinski definition) is 2. The van der Waals surface area contributed by atoms with Gasteiger partial charge in [-0.2, -0.15) is 0 Å². The molecule has 0 bridgehead atoms. The molecule has 1 aliphatic rings. The van der Waals surface area contributed by atoms with Gasteiger partial charge in [0.2, 0.25) is 0 Å². The van der Waals surface area contributed by atoms with E-state index in [9.17, 15) is 0 Å². The smallest absolute Gasteiger partial charge is 0.135 e. The molecule has 9 aromatic carbocycles. The Hall–Kier alpha value is -7.42. The maximum Gasteiger partial charge on any atom is 0.135 e. The summed E-state index contributed by atoms with van der Waals surface area (Å²) in [6.07, 6.45) is 0. The summed E-state index contributed by atoms with van der Waals surface area (Å²) in [5, 5.41) is 2.20. The minimum absolute atomic E-state index is 0.113. The van der Waals surface area contributed by atoms with Crippen molar-refractivity contribution in [2.75, 3.05) is 4.90 Å². The highest BCUT2D eigenvalue weighted by Gasteiger charge is 2.46. The lowest BCUT2D eigenvalue weighted by Crippen LogP contribution is -2.28. The van der Waals surface area contributed by atoms with Crippen LogP contribution in [0.15, 0.2) is 223 Å². The van der Waals surface area contributed by atoms with E-state index >= 15 is 0 Å². The zero-order valence-electron chi connectivity index (χ0n) is 34.6. The van der Waals surface area contributed by atoms with Crippen molar-refractivity contribution in [3.8, 4) is 33.4 Å². The van der Waals surface area contributed by atoms with Crippen molar-refractivity contribution in [1.82, 2.24) is 0 Å². The fourth-order valence-electron chi connectivity index (χ4n) is 10.1. The van der Waals surface area contributed by atoms with Crippen LogP contribution in [0.1, 0.15) is 48.6 Å². The molecule has 0 spiro atoms. The first-order valence-electron chi connectivity index (χ1n) is 21.3. The van der Waals surface area contributed by atoms with Gasteiger partial charge in [-0.25, -0.2) is 0 Å². The predicted molar refractivity (Wildman–Crippen MR) is 255 cm³/mol. The van der Waals surface area contributed by atoms with Crippen molar-refractivity contribution in [2.24, 2.45) is 0 Å². The van der Waals surface area contributed by atoms with Crippen molar-refractivity contribution in [2.45, 2.75) is 31.6 Å². The fourth-order valence-corrected chi connectivity index (χ4v) is 10.1. The Morgan fingerprint density at radius 2 is 0.902 bits per heavy atom. The lowest BCUT2D eigenvalue weighted by molar-refractivity contribution is 0.593. The third kappa shape index (κ3) is 5.93. The third-order valence-electron chi connectivity index (χ3n) is 12.6. The second-order valence-electron chi connectivity index (χ2n) is 17.3. The van der Waals surface area contributed by atoms with E-state index in [1.165, 1.54) is 61.2 Å². The second-order valence-corrected chi connectivity index (χ2v) is 17.3. The van der Waals surface area contributed by atoms with E-state index in [0.717, 1.165) is 39.0 Å². The quantitative estimate of drug-likeness (QED) is 0.160. The first kappa shape index (κ1) is 36.6. The molecule has 0 atom stereocenters. The van der Waals surface area contributed by atoms with Gasteiger partial charge >= 0.3 is 0 Å². The molecule has 1 heterocycles. The van der Waals surface area contributed by atoms with Gasteiger partial charge in [0.1, 0.15) is 11.2 Å². The van der Waals surface area contributed by atoms with Gasteiger partial charge in [0.15, 0.2) is 0 Å². The SMILES string of the molecule is CC(C)(C)c1c(-c2ccccc2)cccc1-c1cccc(N(c2ccc3c(c2)C(c2ccccc2)(c2ccccc2)c2ccccc2-3)c2ccc3oc4ccccc4c3c2)c1. The minimum Gasteiger partial charge on any atom is -0.456 e. The Balaban J connectivity index is 1.17. The van der Waals surface area contributed by atoms with E-state index in [1.54, 1.807) is 0 Å². The van der Waals surface area contributed by atoms with E-state index in [1.807, 2.05) is 6.07 Å².